The molecule has 2 heterocycles. The van der Waals surface area contributed by atoms with Crippen molar-refractivity contribution in [3.05, 3.63) is 80.8 Å². The van der Waals surface area contributed by atoms with Gasteiger partial charge >= 0.3 is 0 Å². The van der Waals surface area contributed by atoms with Gasteiger partial charge in [0.15, 0.2) is 0 Å². The lowest BCUT2D eigenvalue weighted by atomic mass is 10.1. The number of nitrogens with zero attached hydrogens (tertiary/aromatic N) is 4. The lowest BCUT2D eigenvalue weighted by molar-refractivity contribution is -0.132. The van der Waals surface area contributed by atoms with E-state index >= 15 is 0 Å². The predicted octanol–water partition coefficient (Wildman–Crippen LogP) is 2.97. The molecule has 2 amide bonds. The fourth-order valence-electron chi connectivity index (χ4n) is 3.71. The number of carbonyl (C=O) groups is 2. The van der Waals surface area contributed by atoms with E-state index in [0.29, 0.717) is 37.6 Å². The van der Waals surface area contributed by atoms with Gasteiger partial charge in [0, 0.05) is 32.7 Å². The van der Waals surface area contributed by atoms with E-state index in [0.717, 1.165) is 29.2 Å². The van der Waals surface area contributed by atoms with E-state index in [9.17, 15) is 9.59 Å². The Labute approximate surface area is 198 Å². The van der Waals surface area contributed by atoms with Crippen molar-refractivity contribution >= 4 is 23.2 Å². The Kier molecular flexibility index (Phi) is 7.47. The molecule has 1 N–H and O–H groups in total. The molecule has 0 atom stereocenters. The van der Waals surface area contributed by atoms with Crippen molar-refractivity contribution in [2.45, 2.75) is 33.4 Å². The summed E-state index contributed by atoms with van der Waals surface area (Å²) in [4.78, 5) is 29.2. The Morgan fingerprint density at radius 3 is 2.12 bits per heavy atom. The molecule has 0 aliphatic carbocycles. The van der Waals surface area contributed by atoms with Crippen LogP contribution in [0.15, 0.2) is 48.5 Å². The number of nitrogens with one attached hydrogen (secondary N) is 1. The van der Waals surface area contributed by atoms with Crippen molar-refractivity contribution in [3.8, 4) is 0 Å². The van der Waals surface area contributed by atoms with E-state index in [2.05, 4.69) is 20.4 Å². The zero-order valence-corrected chi connectivity index (χ0v) is 19.9. The molecule has 172 valence electrons. The predicted molar refractivity (Wildman–Crippen MR) is 129 cm³/mol. The highest BCUT2D eigenvalue weighted by molar-refractivity contribution is 7.13. The monoisotopic (exact) mass is 463 g/mol. The van der Waals surface area contributed by atoms with E-state index in [1.807, 2.05) is 67.3 Å². The molecule has 7 nitrogen and oxygen atoms in total. The summed E-state index contributed by atoms with van der Waals surface area (Å²) in [6.07, 6.45) is 0.442. The first-order valence-corrected chi connectivity index (χ1v) is 12.0. The third kappa shape index (κ3) is 6.46. The van der Waals surface area contributed by atoms with Gasteiger partial charge in [-0.3, -0.25) is 14.5 Å². The van der Waals surface area contributed by atoms with Crippen LogP contribution in [0.2, 0.25) is 0 Å². The number of aryl methyl sites for hydroxylation is 2. The molecule has 0 bridgehead atoms. The van der Waals surface area contributed by atoms with Gasteiger partial charge in [-0.15, -0.1) is 10.2 Å². The van der Waals surface area contributed by atoms with Crippen LogP contribution >= 0.6 is 11.3 Å². The standard InChI is InChI=1S/C25H29N5O2S/c1-18-3-7-20(8-4-18)15-23(31)30-13-11-29(12-14-30)17-22-27-28-25(33-22)24(32)26-16-21-9-5-19(2)6-10-21/h3-10H,11-17H2,1-2H3,(H,26,32). The summed E-state index contributed by atoms with van der Waals surface area (Å²) in [5.74, 6) is -0.0344. The van der Waals surface area contributed by atoms with Gasteiger partial charge in [-0.25, -0.2) is 0 Å². The summed E-state index contributed by atoms with van der Waals surface area (Å²) in [5, 5.41) is 12.4. The Morgan fingerprint density at radius 2 is 1.48 bits per heavy atom. The first kappa shape index (κ1) is 23.1. The molecule has 0 saturated carbocycles. The number of piperazine rings is 1. The lowest BCUT2D eigenvalue weighted by Gasteiger charge is -2.34. The molecule has 8 heteroatoms. The van der Waals surface area contributed by atoms with E-state index in [4.69, 9.17) is 0 Å². The number of aromatic nitrogens is 2. The highest BCUT2D eigenvalue weighted by Gasteiger charge is 2.22. The summed E-state index contributed by atoms with van der Waals surface area (Å²) in [6.45, 7) is 8.16. The maximum atomic E-state index is 12.6. The third-order valence-electron chi connectivity index (χ3n) is 5.79. The minimum absolute atomic E-state index is 0.168. The molecule has 1 aromatic heterocycles. The van der Waals surface area contributed by atoms with E-state index in [1.165, 1.54) is 22.5 Å². The van der Waals surface area contributed by atoms with E-state index in [-0.39, 0.29) is 11.8 Å². The second kappa shape index (κ2) is 10.7. The highest BCUT2D eigenvalue weighted by Crippen LogP contribution is 2.15. The van der Waals surface area contributed by atoms with Gasteiger partial charge in [0.2, 0.25) is 10.9 Å². The molecular weight excluding hydrogens is 434 g/mol. The van der Waals surface area contributed by atoms with Gasteiger partial charge in [0.25, 0.3) is 5.91 Å². The smallest absolute Gasteiger partial charge is 0.282 e. The minimum Gasteiger partial charge on any atom is -0.346 e. The molecule has 1 saturated heterocycles. The van der Waals surface area contributed by atoms with Crippen LogP contribution in [-0.4, -0.2) is 58.0 Å². The minimum atomic E-state index is -0.203. The zero-order valence-electron chi connectivity index (χ0n) is 19.1. The van der Waals surface area contributed by atoms with E-state index < -0.39 is 0 Å². The quantitative estimate of drug-likeness (QED) is 0.583. The Balaban J connectivity index is 1.22. The zero-order chi connectivity index (χ0) is 23.2. The first-order chi connectivity index (χ1) is 16.0. The first-order valence-electron chi connectivity index (χ1n) is 11.2. The topological polar surface area (TPSA) is 78.4 Å². The van der Waals surface area contributed by atoms with Crippen molar-refractivity contribution < 1.29 is 9.59 Å². The van der Waals surface area contributed by atoms with Gasteiger partial charge < -0.3 is 10.2 Å². The fraction of sp³-hybridized carbons (Fsp3) is 0.360. The van der Waals surface area contributed by atoms with Gasteiger partial charge in [0.05, 0.1) is 13.0 Å². The van der Waals surface area contributed by atoms with Crippen molar-refractivity contribution in [2.75, 3.05) is 26.2 Å². The molecule has 2 aromatic carbocycles. The molecule has 1 aliphatic rings. The maximum absolute atomic E-state index is 12.6. The maximum Gasteiger partial charge on any atom is 0.282 e. The second-order valence-corrected chi connectivity index (χ2v) is 9.55. The number of benzene rings is 2. The second-order valence-electron chi connectivity index (χ2n) is 8.49. The lowest BCUT2D eigenvalue weighted by Crippen LogP contribution is -2.48. The van der Waals surface area contributed by atoms with Crippen LogP contribution in [0, 0.1) is 13.8 Å². The molecule has 0 spiro atoms. The molecule has 4 rings (SSSR count). The Hall–Kier alpha value is -3.10. The average molecular weight is 464 g/mol. The van der Waals surface area contributed by atoms with Crippen LogP contribution in [0.4, 0.5) is 0 Å². The van der Waals surface area contributed by atoms with Crippen molar-refractivity contribution in [1.29, 1.82) is 0 Å². The molecular formula is C25H29N5O2S. The van der Waals surface area contributed by atoms with Crippen LogP contribution in [0.25, 0.3) is 0 Å². The molecule has 1 aliphatic heterocycles. The number of amides is 2. The molecule has 1 fully saturated rings. The van der Waals surface area contributed by atoms with Gasteiger partial charge in [0.1, 0.15) is 5.01 Å². The van der Waals surface area contributed by atoms with Crippen LogP contribution < -0.4 is 5.32 Å². The Morgan fingerprint density at radius 1 is 0.879 bits per heavy atom. The van der Waals surface area contributed by atoms with Crippen LogP contribution in [0.3, 0.4) is 0 Å². The normalized spacial score (nSPS) is 14.3. The molecule has 3 aromatic rings. The highest BCUT2D eigenvalue weighted by atomic mass is 32.1. The molecule has 0 unspecified atom stereocenters. The summed E-state index contributed by atoms with van der Waals surface area (Å²) < 4.78 is 0. The average Bonchev–Trinajstić information content (AvgIpc) is 3.29. The van der Waals surface area contributed by atoms with Gasteiger partial charge in [-0.2, -0.15) is 0 Å². The summed E-state index contributed by atoms with van der Waals surface area (Å²) in [5.41, 5.74) is 4.49. The SMILES string of the molecule is Cc1ccc(CNC(=O)c2nnc(CN3CCN(C(=O)Cc4ccc(C)cc4)CC3)s2)cc1. The summed E-state index contributed by atoms with van der Waals surface area (Å²) in [6, 6.07) is 16.2. The van der Waals surface area contributed by atoms with Gasteiger partial charge in [-0.05, 0) is 25.0 Å². The van der Waals surface area contributed by atoms with Gasteiger partial charge in [-0.1, -0.05) is 71.0 Å². The Bertz CT molecular complexity index is 1090. The van der Waals surface area contributed by atoms with Crippen molar-refractivity contribution in [1.82, 2.24) is 25.3 Å². The fourth-order valence-corrected chi connectivity index (χ4v) is 4.51. The van der Waals surface area contributed by atoms with Crippen molar-refractivity contribution in [2.24, 2.45) is 0 Å². The number of hydrogen-bond acceptors (Lipinski definition) is 6. The number of hydrogen-bond donors (Lipinski definition) is 1. The molecule has 33 heavy (non-hydrogen) atoms. The summed E-state index contributed by atoms with van der Waals surface area (Å²) >= 11 is 1.33. The number of carbonyl (C=O) groups excluding carboxylic acids is 2. The summed E-state index contributed by atoms with van der Waals surface area (Å²) in [7, 11) is 0. The van der Waals surface area contributed by atoms with E-state index in [1.54, 1.807) is 0 Å². The van der Waals surface area contributed by atoms with Crippen LogP contribution in [0.1, 0.15) is 37.1 Å². The molecule has 0 radical (unpaired) electrons. The number of rotatable bonds is 7. The van der Waals surface area contributed by atoms with Crippen LogP contribution in [0.5, 0.6) is 0 Å². The van der Waals surface area contributed by atoms with Crippen LogP contribution in [-0.2, 0) is 24.3 Å². The largest absolute Gasteiger partial charge is 0.346 e. The third-order valence-corrected chi connectivity index (χ3v) is 6.70. The van der Waals surface area contributed by atoms with Crippen molar-refractivity contribution in [3.63, 3.8) is 0 Å².